The van der Waals surface area contributed by atoms with Gasteiger partial charge in [-0.1, -0.05) is 12.1 Å². The van der Waals surface area contributed by atoms with Gasteiger partial charge < -0.3 is 20.1 Å². The summed E-state index contributed by atoms with van der Waals surface area (Å²) in [5, 5.41) is 9.97. The molecule has 0 spiro atoms. The van der Waals surface area contributed by atoms with Gasteiger partial charge in [0.2, 0.25) is 0 Å². The number of amides is 2. The molecule has 1 aromatic heterocycles. The molecular formula is C16H20N4O3. The van der Waals surface area contributed by atoms with E-state index in [4.69, 9.17) is 9.47 Å². The average Bonchev–Trinajstić information content (AvgIpc) is 3.21. The highest BCUT2D eigenvalue weighted by molar-refractivity contribution is 5.91. The standard InChI is InChI=1S/C16H20N4O3/c1-2-23-15-11-22-10-13(15)19-16(21)18-12-6-3-4-7-14(12)20-9-5-8-17-20/h3-9,13,15H,2,10-11H2,1H3,(H2,18,19,21)/t13-,15-/m1/s1. The molecule has 7 nitrogen and oxygen atoms in total. The van der Waals surface area contributed by atoms with Crippen LogP contribution in [0.25, 0.3) is 5.69 Å². The number of urea groups is 1. The molecule has 3 rings (SSSR count). The van der Waals surface area contributed by atoms with Crippen molar-refractivity contribution in [2.24, 2.45) is 0 Å². The molecule has 122 valence electrons. The monoisotopic (exact) mass is 316 g/mol. The summed E-state index contributed by atoms with van der Waals surface area (Å²) >= 11 is 0. The Labute approximate surface area is 134 Å². The molecule has 2 N–H and O–H groups in total. The van der Waals surface area contributed by atoms with Crippen LogP contribution in [-0.2, 0) is 9.47 Å². The van der Waals surface area contributed by atoms with Crippen LogP contribution in [0.3, 0.4) is 0 Å². The van der Waals surface area contributed by atoms with Crippen molar-refractivity contribution in [1.82, 2.24) is 15.1 Å². The van der Waals surface area contributed by atoms with E-state index >= 15 is 0 Å². The lowest BCUT2D eigenvalue weighted by molar-refractivity contribution is 0.0428. The maximum atomic E-state index is 12.3. The van der Waals surface area contributed by atoms with Crippen LogP contribution in [0.2, 0.25) is 0 Å². The summed E-state index contributed by atoms with van der Waals surface area (Å²) < 4.78 is 12.6. The van der Waals surface area contributed by atoms with Gasteiger partial charge in [-0.25, -0.2) is 9.48 Å². The van der Waals surface area contributed by atoms with E-state index in [-0.39, 0.29) is 18.2 Å². The number of rotatable bonds is 5. The summed E-state index contributed by atoms with van der Waals surface area (Å²) in [6.45, 7) is 3.48. The first-order valence-corrected chi connectivity index (χ1v) is 7.64. The molecular weight excluding hydrogens is 296 g/mol. The van der Waals surface area contributed by atoms with E-state index in [2.05, 4.69) is 15.7 Å². The van der Waals surface area contributed by atoms with E-state index in [0.29, 0.717) is 25.5 Å². The maximum absolute atomic E-state index is 12.3. The zero-order chi connectivity index (χ0) is 16.1. The quantitative estimate of drug-likeness (QED) is 0.882. The molecule has 0 unspecified atom stereocenters. The molecule has 0 bridgehead atoms. The van der Waals surface area contributed by atoms with Crippen molar-refractivity contribution in [2.75, 3.05) is 25.1 Å². The van der Waals surface area contributed by atoms with Gasteiger partial charge in [-0.15, -0.1) is 0 Å². The van der Waals surface area contributed by atoms with Gasteiger partial charge in [-0.05, 0) is 25.1 Å². The van der Waals surface area contributed by atoms with Crippen molar-refractivity contribution in [2.45, 2.75) is 19.1 Å². The molecule has 2 aromatic rings. The lowest BCUT2D eigenvalue weighted by Crippen LogP contribution is -2.45. The number of carbonyl (C=O) groups excluding carboxylic acids is 1. The van der Waals surface area contributed by atoms with Gasteiger partial charge in [0.1, 0.15) is 6.10 Å². The minimum atomic E-state index is -0.287. The fraction of sp³-hybridized carbons (Fsp3) is 0.375. The highest BCUT2D eigenvalue weighted by atomic mass is 16.5. The molecule has 1 fully saturated rings. The van der Waals surface area contributed by atoms with E-state index in [9.17, 15) is 4.79 Å². The van der Waals surface area contributed by atoms with E-state index in [1.165, 1.54) is 0 Å². The zero-order valence-corrected chi connectivity index (χ0v) is 12.9. The Morgan fingerprint density at radius 1 is 1.39 bits per heavy atom. The van der Waals surface area contributed by atoms with E-state index in [1.807, 2.05) is 43.5 Å². The fourth-order valence-corrected chi connectivity index (χ4v) is 2.56. The number of hydrogen-bond acceptors (Lipinski definition) is 4. The van der Waals surface area contributed by atoms with Gasteiger partial charge in [0, 0.05) is 19.0 Å². The summed E-state index contributed by atoms with van der Waals surface area (Å²) in [5.41, 5.74) is 1.48. The fourth-order valence-electron chi connectivity index (χ4n) is 2.56. The number of benzene rings is 1. The molecule has 0 aliphatic carbocycles. The van der Waals surface area contributed by atoms with Crippen LogP contribution in [0.1, 0.15) is 6.92 Å². The second-order valence-corrected chi connectivity index (χ2v) is 5.20. The largest absolute Gasteiger partial charge is 0.376 e. The van der Waals surface area contributed by atoms with E-state index in [0.717, 1.165) is 5.69 Å². The van der Waals surface area contributed by atoms with Crippen molar-refractivity contribution in [3.8, 4) is 5.69 Å². The van der Waals surface area contributed by atoms with Gasteiger partial charge in [-0.3, -0.25) is 0 Å². The average molecular weight is 316 g/mol. The second kappa shape index (κ2) is 7.26. The smallest absolute Gasteiger partial charge is 0.319 e. The predicted molar refractivity (Wildman–Crippen MR) is 85.7 cm³/mol. The van der Waals surface area contributed by atoms with Gasteiger partial charge in [0.05, 0.1) is 30.6 Å². The Hall–Kier alpha value is -2.38. The first-order valence-electron chi connectivity index (χ1n) is 7.64. The lowest BCUT2D eigenvalue weighted by atomic mass is 10.2. The first-order chi connectivity index (χ1) is 11.3. The van der Waals surface area contributed by atoms with Crippen LogP contribution < -0.4 is 10.6 Å². The Morgan fingerprint density at radius 3 is 3.04 bits per heavy atom. The number of nitrogens with zero attached hydrogens (tertiary/aromatic N) is 2. The predicted octanol–water partition coefficient (Wildman–Crippen LogP) is 1.80. The molecule has 2 atom stereocenters. The molecule has 1 aliphatic heterocycles. The molecule has 23 heavy (non-hydrogen) atoms. The first kappa shape index (κ1) is 15.5. The molecule has 0 saturated carbocycles. The van der Waals surface area contributed by atoms with Crippen molar-refractivity contribution in [3.05, 3.63) is 42.7 Å². The Morgan fingerprint density at radius 2 is 2.26 bits per heavy atom. The van der Waals surface area contributed by atoms with Crippen molar-refractivity contribution < 1.29 is 14.3 Å². The highest BCUT2D eigenvalue weighted by Crippen LogP contribution is 2.19. The number of para-hydroxylation sites is 2. The van der Waals surface area contributed by atoms with Gasteiger partial charge in [-0.2, -0.15) is 5.10 Å². The summed E-state index contributed by atoms with van der Waals surface area (Å²) in [6, 6.07) is 8.89. The van der Waals surface area contributed by atoms with Gasteiger partial charge in [0.15, 0.2) is 0 Å². The van der Waals surface area contributed by atoms with Crippen LogP contribution in [-0.4, -0.2) is 47.8 Å². The number of hydrogen-bond donors (Lipinski definition) is 2. The third kappa shape index (κ3) is 3.69. The second-order valence-electron chi connectivity index (χ2n) is 5.20. The van der Waals surface area contributed by atoms with Crippen molar-refractivity contribution >= 4 is 11.7 Å². The Balaban J connectivity index is 1.67. The Kier molecular flexibility index (Phi) is 4.89. The van der Waals surface area contributed by atoms with E-state index in [1.54, 1.807) is 10.9 Å². The van der Waals surface area contributed by atoms with Gasteiger partial charge in [0.25, 0.3) is 0 Å². The normalized spacial score (nSPS) is 20.4. The summed E-state index contributed by atoms with van der Waals surface area (Å²) in [6.07, 6.45) is 3.42. The van der Waals surface area contributed by atoms with Crippen molar-refractivity contribution in [3.63, 3.8) is 0 Å². The third-order valence-electron chi connectivity index (χ3n) is 3.63. The number of anilines is 1. The van der Waals surface area contributed by atoms with Crippen LogP contribution in [0.15, 0.2) is 42.7 Å². The zero-order valence-electron chi connectivity index (χ0n) is 12.9. The third-order valence-corrected chi connectivity index (χ3v) is 3.63. The van der Waals surface area contributed by atoms with Crippen molar-refractivity contribution in [1.29, 1.82) is 0 Å². The van der Waals surface area contributed by atoms with Crippen LogP contribution in [0.4, 0.5) is 10.5 Å². The van der Waals surface area contributed by atoms with Gasteiger partial charge >= 0.3 is 6.03 Å². The summed E-state index contributed by atoms with van der Waals surface area (Å²) in [4.78, 5) is 12.3. The number of nitrogens with one attached hydrogen (secondary N) is 2. The highest BCUT2D eigenvalue weighted by Gasteiger charge is 2.30. The van der Waals surface area contributed by atoms with Crippen LogP contribution in [0, 0.1) is 0 Å². The summed E-state index contributed by atoms with van der Waals surface area (Å²) in [5.74, 6) is 0. The lowest BCUT2D eigenvalue weighted by Gasteiger charge is -2.19. The SMILES string of the molecule is CCO[C@@H]1COC[C@H]1NC(=O)Nc1ccccc1-n1cccn1. The molecule has 0 radical (unpaired) electrons. The number of ether oxygens (including phenoxy) is 2. The number of carbonyl (C=O) groups is 1. The number of aromatic nitrogens is 2. The Bertz CT molecular complexity index is 645. The van der Waals surface area contributed by atoms with Crippen LogP contribution in [0.5, 0.6) is 0 Å². The maximum Gasteiger partial charge on any atom is 0.319 e. The molecule has 2 amide bonds. The molecule has 1 aliphatic rings. The molecule has 7 heteroatoms. The molecule has 2 heterocycles. The summed E-state index contributed by atoms with van der Waals surface area (Å²) in [7, 11) is 0. The topological polar surface area (TPSA) is 77.4 Å². The van der Waals surface area contributed by atoms with Crippen LogP contribution >= 0.6 is 0 Å². The molecule has 1 aromatic carbocycles. The van der Waals surface area contributed by atoms with E-state index < -0.39 is 0 Å². The molecule has 1 saturated heterocycles. The minimum absolute atomic E-state index is 0.105. The minimum Gasteiger partial charge on any atom is -0.376 e.